The van der Waals surface area contributed by atoms with Crippen LogP contribution in [0.5, 0.6) is 0 Å². The summed E-state index contributed by atoms with van der Waals surface area (Å²) < 4.78 is 0. The van der Waals surface area contributed by atoms with Crippen LogP contribution in [0.2, 0.25) is 0 Å². The largest absolute Gasteiger partial charge is 0.361 e. The van der Waals surface area contributed by atoms with Crippen molar-refractivity contribution in [1.29, 1.82) is 0 Å². The van der Waals surface area contributed by atoms with E-state index >= 15 is 0 Å². The van der Waals surface area contributed by atoms with E-state index in [0.29, 0.717) is 0 Å². The van der Waals surface area contributed by atoms with Crippen LogP contribution < -0.4 is 0 Å². The lowest BCUT2D eigenvalue weighted by Gasteiger charge is -1.93. The maximum atomic E-state index is 4.44. The second-order valence-corrected chi connectivity index (χ2v) is 4.34. The first-order valence-corrected chi connectivity index (χ1v) is 5.99. The summed E-state index contributed by atoms with van der Waals surface area (Å²) in [5, 5.41) is 5.35. The number of aliphatic imine (C=N–C) groups is 1. The topological polar surface area (TPSA) is 28.1 Å². The van der Waals surface area contributed by atoms with Gasteiger partial charge in [0.25, 0.3) is 0 Å². The molecule has 0 unspecified atom stereocenters. The molecule has 0 aliphatic heterocycles. The van der Waals surface area contributed by atoms with Crippen molar-refractivity contribution < 1.29 is 0 Å². The molecule has 3 heteroatoms. The fourth-order valence-electron chi connectivity index (χ4n) is 1.61. The van der Waals surface area contributed by atoms with Crippen molar-refractivity contribution in [3.63, 3.8) is 0 Å². The van der Waals surface area contributed by atoms with E-state index < -0.39 is 0 Å². The molecule has 0 aliphatic rings. The smallest absolute Gasteiger partial charge is 0.0650 e. The number of aromatic amines is 1. The minimum absolute atomic E-state index is 0.973. The molecule has 0 bridgehead atoms. The Bertz CT molecular complexity index is 620. The van der Waals surface area contributed by atoms with Crippen LogP contribution in [0.3, 0.4) is 0 Å². The molecular formula is C13H10N2S. The lowest BCUT2D eigenvalue weighted by Crippen LogP contribution is -1.73. The third kappa shape index (κ3) is 1.77. The Labute approximate surface area is 97.3 Å². The monoisotopic (exact) mass is 226 g/mol. The lowest BCUT2D eigenvalue weighted by molar-refractivity contribution is 1.46. The zero-order valence-corrected chi connectivity index (χ0v) is 9.37. The lowest BCUT2D eigenvalue weighted by atomic mass is 10.2. The van der Waals surface area contributed by atoms with Crippen LogP contribution >= 0.6 is 11.3 Å². The van der Waals surface area contributed by atoms with Crippen molar-refractivity contribution in [2.24, 2.45) is 4.99 Å². The van der Waals surface area contributed by atoms with E-state index in [9.17, 15) is 0 Å². The van der Waals surface area contributed by atoms with Crippen LogP contribution in [-0.2, 0) is 0 Å². The van der Waals surface area contributed by atoms with E-state index in [1.54, 1.807) is 11.3 Å². The molecular weight excluding hydrogens is 216 g/mol. The molecule has 2 nitrogen and oxygen atoms in total. The molecule has 0 fully saturated rings. The van der Waals surface area contributed by atoms with Crippen molar-refractivity contribution in [2.75, 3.05) is 0 Å². The number of hydrogen-bond donors (Lipinski definition) is 1. The number of thiophene rings is 1. The molecule has 78 valence electrons. The first kappa shape index (κ1) is 9.36. The fraction of sp³-hybridized carbons (Fsp3) is 0. The highest BCUT2D eigenvalue weighted by Crippen LogP contribution is 2.19. The second kappa shape index (κ2) is 3.94. The van der Waals surface area contributed by atoms with Gasteiger partial charge in [-0.15, -0.1) is 0 Å². The predicted octanol–water partition coefficient (Wildman–Crippen LogP) is 3.98. The first-order chi connectivity index (χ1) is 7.92. The predicted molar refractivity (Wildman–Crippen MR) is 69.9 cm³/mol. The van der Waals surface area contributed by atoms with Crippen molar-refractivity contribution in [2.45, 2.75) is 0 Å². The summed E-state index contributed by atoms with van der Waals surface area (Å²) in [5.74, 6) is 0. The molecule has 2 heterocycles. The van der Waals surface area contributed by atoms with Crippen molar-refractivity contribution in [3.8, 4) is 0 Å². The van der Waals surface area contributed by atoms with Crippen LogP contribution in [-0.4, -0.2) is 11.2 Å². The number of fused-ring (bicyclic) bond motifs is 1. The van der Waals surface area contributed by atoms with Crippen LogP contribution in [0.25, 0.3) is 10.9 Å². The Morgan fingerprint density at radius 2 is 2.19 bits per heavy atom. The van der Waals surface area contributed by atoms with Crippen molar-refractivity contribution >= 4 is 34.1 Å². The molecule has 0 radical (unpaired) electrons. The molecule has 0 atom stereocenters. The number of nitrogens with zero attached hydrogens (tertiary/aromatic N) is 1. The number of nitrogens with one attached hydrogen (secondary N) is 1. The summed E-state index contributed by atoms with van der Waals surface area (Å²) in [6.45, 7) is 0. The Kier molecular flexibility index (Phi) is 2.31. The number of H-pyrrole nitrogens is 1. The highest BCUT2D eigenvalue weighted by molar-refractivity contribution is 7.08. The van der Waals surface area contributed by atoms with Crippen molar-refractivity contribution in [1.82, 2.24) is 4.98 Å². The highest BCUT2D eigenvalue weighted by atomic mass is 32.1. The molecule has 1 aromatic carbocycles. The average Bonchev–Trinajstić information content (AvgIpc) is 2.97. The van der Waals surface area contributed by atoms with Gasteiger partial charge in [0, 0.05) is 23.5 Å². The second-order valence-electron chi connectivity index (χ2n) is 3.56. The normalized spacial score (nSPS) is 11.5. The molecule has 0 amide bonds. The molecule has 3 aromatic rings. The van der Waals surface area contributed by atoms with E-state index in [1.807, 2.05) is 18.5 Å². The third-order valence-electron chi connectivity index (χ3n) is 2.44. The third-order valence-corrected chi connectivity index (χ3v) is 3.15. The first-order valence-electron chi connectivity index (χ1n) is 5.05. The molecule has 0 saturated heterocycles. The number of rotatable bonds is 2. The maximum absolute atomic E-state index is 4.44. The van der Waals surface area contributed by atoms with Crippen LogP contribution in [0.1, 0.15) is 5.56 Å². The van der Waals surface area contributed by atoms with E-state index in [4.69, 9.17) is 0 Å². The Hall–Kier alpha value is -1.87. The van der Waals surface area contributed by atoms with Gasteiger partial charge >= 0.3 is 0 Å². The molecule has 1 N–H and O–H groups in total. The zero-order valence-electron chi connectivity index (χ0n) is 8.55. The summed E-state index contributed by atoms with van der Waals surface area (Å²) in [7, 11) is 0. The highest BCUT2D eigenvalue weighted by Gasteiger charge is 1.95. The molecule has 3 rings (SSSR count). The minimum atomic E-state index is 0.973. The molecule has 0 saturated carbocycles. The van der Waals surface area contributed by atoms with Gasteiger partial charge in [0.05, 0.1) is 5.69 Å². The van der Waals surface area contributed by atoms with E-state index in [0.717, 1.165) is 16.8 Å². The fourth-order valence-corrected chi connectivity index (χ4v) is 2.22. The van der Waals surface area contributed by atoms with Gasteiger partial charge in [0.1, 0.15) is 0 Å². The molecule has 16 heavy (non-hydrogen) atoms. The van der Waals surface area contributed by atoms with E-state index in [1.165, 1.54) is 5.39 Å². The number of aromatic nitrogens is 1. The van der Waals surface area contributed by atoms with Gasteiger partial charge in [-0.2, -0.15) is 11.3 Å². The Balaban J connectivity index is 1.94. The van der Waals surface area contributed by atoms with Gasteiger partial charge in [-0.05, 0) is 40.4 Å². The van der Waals surface area contributed by atoms with Gasteiger partial charge in [0.2, 0.25) is 0 Å². The van der Waals surface area contributed by atoms with Gasteiger partial charge in [-0.1, -0.05) is 6.07 Å². The standard InChI is InChI=1S/C13H10N2S/c1-2-12(7-13-11(1)3-5-14-13)15-8-10-4-6-16-9-10/h1-9,14H. The number of hydrogen-bond acceptors (Lipinski definition) is 2. The molecule has 0 spiro atoms. The van der Waals surface area contributed by atoms with E-state index in [-0.39, 0.29) is 0 Å². The van der Waals surface area contributed by atoms with Crippen LogP contribution in [0, 0.1) is 0 Å². The summed E-state index contributed by atoms with van der Waals surface area (Å²) in [6.07, 6.45) is 3.83. The molecule has 2 aromatic heterocycles. The summed E-state index contributed by atoms with van der Waals surface area (Å²) in [6, 6.07) is 10.3. The maximum Gasteiger partial charge on any atom is 0.0650 e. The zero-order chi connectivity index (χ0) is 10.8. The number of benzene rings is 1. The van der Waals surface area contributed by atoms with Crippen LogP contribution in [0.4, 0.5) is 5.69 Å². The van der Waals surface area contributed by atoms with E-state index in [2.05, 4.69) is 45.0 Å². The minimum Gasteiger partial charge on any atom is -0.361 e. The summed E-state index contributed by atoms with van der Waals surface area (Å²) >= 11 is 1.68. The average molecular weight is 226 g/mol. The van der Waals surface area contributed by atoms with Gasteiger partial charge < -0.3 is 4.98 Å². The van der Waals surface area contributed by atoms with Crippen LogP contribution in [0.15, 0.2) is 52.3 Å². The SMILES string of the molecule is C(=Nc1ccc2cc[nH]c2c1)c1ccsc1. The van der Waals surface area contributed by atoms with Gasteiger partial charge in [-0.3, -0.25) is 4.99 Å². The Morgan fingerprint density at radius 1 is 1.19 bits per heavy atom. The summed E-state index contributed by atoms with van der Waals surface area (Å²) in [5.41, 5.74) is 3.25. The van der Waals surface area contributed by atoms with Gasteiger partial charge in [0.15, 0.2) is 0 Å². The van der Waals surface area contributed by atoms with Crippen molar-refractivity contribution in [3.05, 3.63) is 52.9 Å². The van der Waals surface area contributed by atoms with Gasteiger partial charge in [-0.25, -0.2) is 0 Å². The Morgan fingerprint density at radius 3 is 3.06 bits per heavy atom. The molecule has 0 aliphatic carbocycles. The summed E-state index contributed by atoms with van der Waals surface area (Å²) in [4.78, 5) is 7.62. The quantitative estimate of drug-likeness (QED) is 0.640.